The summed E-state index contributed by atoms with van der Waals surface area (Å²) in [5.74, 6) is -0.0889. The third-order valence-corrected chi connectivity index (χ3v) is 6.17. The summed E-state index contributed by atoms with van der Waals surface area (Å²) in [7, 11) is 0. The standard InChI is InChI=1S/C21H25N3O5/c1-12-18-16(9-17(13-7-8-13)22-19(18)29-23-12)20(25)27-11-15-10-24(21(26)28-15)14-5-3-2-4-6-14/h9,13-15H,2-8,10-11H2,1H3. The van der Waals surface area contributed by atoms with Crippen molar-refractivity contribution in [1.29, 1.82) is 0 Å². The Morgan fingerprint density at radius 3 is 2.79 bits per heavy atom. The summed E-state index contributed by atoms with van der Waals surface area (Å²) in [5, 5.41) is 4.54. The Kier molecular flexibility index (Phi) is 4.64. The number of aryl methyl sites for hydroxylation is 1. The van der Waals surface area contributed by atoms with Gasteiger partial charge in [0.15, 0.2) is 6.10 Å². The number of amides is 1. The second-order valence-corrected chi connectivity index (χ2v) is 8.37. The van der Waals surface area contributed by atoms with E-state index in [1.54, 1.807) is 17.9 Å². The van der Waals surface area contributed by atoms with Gasteiger partial charge in [-0.1, -0.05) is 24.4 Å². The molecule has 3 fully saturated rings. The van der Waals surface area contributed by atoms with Crippen LogP contribution in [0.5, 0.6) is 0 Å². The van der Waals surface area contributed by atoms with Gasteiger partial charge in [-0.15, -0.1) is 0 Å². The van der Waals surface area contributed by atoms with Gasteiger partial charge in [-0.25, -0.2) is 14.6 Å². The van der Waals surface area contributed by atoms with Gasteiger partial charge >= 0.3 is 12.1 Å². The Labute approximate surface area is 168 Å². The zero-order chi connectivity index (χ0) is 20.0. The van der Waals surface area contributed by atoms with E-state index in [-0.39, 0.29) is 18.7 Å². The number of nitrogens with zero attached hydrogens (tertiary/aromatic N) is 3. The number of rotatable bonds is 5. The van der Waals surface area contributed by atoms with Crippen LogP contribution in [0.25, 0.3) is 11.1 Å². The first-order valence-electron chi connectivity index (χ1n) is 10.5. The molecular weight excluding hydrogens is 374 g/mol. The van der Waals surface area contributed by atoms with Gasteiger partial charge in [0, 0.05) is 17.7 Å². The fourth-order valence-electron chi connectivity index (χ4n) is 4.43. The molecule has 2 aromatic heterocycles. The van der Waals surface area contributed by atoms with E-state index < -0.39 is 12.1 Å². The van der Waals surface area contributed by atoms with Crippen LogP contribution in [-0.2, 0) is 9.47 Å². The first kappa shape index (κ1) is 18.4. The SMILES string of the molecule is Cc1noc2nc(C3CC3)cc(C(=O)OCC3CN(C4CCCCC4)C(=O)O3)c12. The van der Waals surface area contributed by atoms with Crippen molar-refractivity contribution in [2.75, 3.05) is 13.2 Å². The van der Waals surface area contributed by atoms with Gasteiger partial charge < -0.3 is 18.9 Å². The molecule has 2 aromatic rings. The second-order valence-electron chi connectivity index (χ2n) is 8.37. The maximum Gasteiger partial charge on any atom is 0.410 e. The quantitative estimate of drug-likeness (QED) is 0.707. The van der Waals surface area contributed by atoms with Crippen LogP contribution in [0, 0.1) is 6.92 Å². The summed E-state index contributed by atoms with van der Waals surface area (Å²) in [6, 6.07) is 2.04. The molecule has 29 heavy (non-hydrogen) atoms. The lowest BCUT2D eigenvalue weighted by atomic mass is 9.94. The van der Waals surface area contributed by atoms with Crippen LogP contribution < -0.4 is 0 Å². The minimum atomic E-state index is -0.460. The molecule has 0 radical (unpaired) electrons. The average Bonchev–Trinajstić information content (AvgIpc) is 3.43. The molecule has 8 nitrogen and oxygen atoms in total. The minimum absolute atomic E-state index is 0.0424. The van der Waals surface area contributed by atoms with E-state index in [2.05, 4.69) is 10.1 Å². The number of ether oxygens (including phenoxy) is 2. The fraction of sp³-hybridized carbons (Fsp3) is 0.619. The highest BCUT2D eigenvalue weighted by Gasteiger charge is 2.37. The zero-order valence-corrected chi connectivity index (χ0v) is 16.6. The van der Waals surface area contributed by atoms with E-state index in [4.69, 9.17) is 14.0 Å². The first-order valence-corrected chi connectivity index (χ1v) is 10.5. The first-order chi connectivity index (χ1) is 14.1. The minimum Gasteiger partial charge on any atom is -0.458 e. The monoisotopic (exact) mass is 399 g/mol. The van der Waals surface area contributed by atoms with Crippen LogP contribution in [0.4, 0.5) is 4.79 Å². The lowest BCUT2D eigenvalue weighted by Crippen LogP contribution is -2.38. The van der Waals surface area contributed by atoms with E-state index >= 15 is 0 Å². The van der Waals surface area contributed by atoms with Crippen LogP contribution in [0.3, 0.4) is 0 Å². The summed E-state index contributed by atoms with van der Waals surface area (Å²) in [6.07, 6.45) is 6.96. The molecule has 0 spiro atoms. The van der Waals surface area contributed by atoms with Crippen LogP contribution in [0.1, 0.15) is 72.6 Å². The summed E-state index contributed by atoms with van der Waals surface area (Å²) in [6.45, 7) is 2.30. The fourth-order valence-corrected chi connectivity index (χ4v) is 4.43. The third kappa shape index (κ3) is 3.56. The van der Waals surface area contributed by atoms with Crippen molar-refractivity contribution in [3.63, 3.8) is 0 Å². The Bertz CT molecular complexity index is 945. The summed E-state index contributed by atoms with van der Waals surface area (Å²) in [5.41, 5.74) is 2.24. The van der Waals surface area contributed by atoms with Gasteiger partial charge in [0.25, 0.3) is 5.71 Å². The van der Waals surface area contributed by atoms with Gasteiger partial charge in [-0.05, 0) is 38.7 Å². The molecule has 0 bridgehead atoms. The normalized spacial score (nSPS) is 22.9. The van der Waals surface area contributed by atoms with Gasteiger partial charge in [-0.3, -0.25) is 0 Å². The molecule has 2 saturated carbocycles. The van der Waals surface area contributed by atoms with Crippen molar-refractivity contribution in [3.05, 3.63) is 23.0 Å². The number of carbonyl (C=O) groups excluding carboxylic acids is 2. The summed E-state index contributed by atoms with van der Waals surface area (Å²) < 4.78 is 16.3. The van der Waals surface area contributed by atoms with Crippen molar-refractivity contribution in [2.45, 2.75) is 69.9 Å². The number of hydrogen-bond donors (Lipinski definition) is 0. The van der Waals surface area contributed by atoms with Crippen molar-refractivity contribution in [1.82, 2.24) is 15.0 Å². The van der Waals surface area contributed by atoms with Crippen LogP contribution >= 0.6 is 0 Å². The molecule has 1 saturated heterocycles. The van der Waals surface area contributed by atoms with E-state index in [1.807, 2.05) is 0 Å². The number of pyridine rings is 1. The highest BCUT2D eigenvalue weighted by molar-refractivity contribution is 6.03. The summed E-state index contributed by atoms with van der Waals surface area (Å²) in [4.78, 5) is 31.4. The Morgan fingerprint density at radius 1 is 1.24 bits per heavy atom. The van der Waals surface area contributed by atoms with Gasteiger partial charge in [0.1, 0.15) is 6.61 Å². The molecule has 1 amide bonds. The Hall–Kier alpha value is -2.64. The van der Waals surface area contributed by atoms with Crippen LogP contribution in [0.15, 0.2) is 10.6 Å². The Morgan fingerprint density at radius 2 is 2.03 bits per heavy atom. The number of fused-ring (bicyclic) bond motifs is 1. The highest BCUT2D eigenvalue weighted by Crippen LogP contribution is 2.40. The second kappa shape index (κ2) is 7.31. The number of hydrogen-bond acceptors (Lipinski definition) is 7. The van der Waals surface area contributed by atoms with Crippen LogP contribution in [-0.4, -0.2) is 52.4 Å². The molecule has 1 unspecified atom stereocenters. The number of esters is 1. The van der Waals surface area contributed by atoms with E-state index in [9.17, 15) is 9.59 Å². The molecule has 0 N–H and O–H groups in total. The maximum absolute atomic E-state index is 12.9. The molecule has 1 aliphatic heterocycles. The molecule has 5 rings (SSSR count). The van der Waals surface area contributed by atoms with Gasteiger partial charge in [0.05, 0.1) is 23.2 Å². The Balaban J connectivity index is 1.28. The number of carbonyl (C=O) groups is 2. The molecule has 3 heterocycles. The molecule has 3 aliphatic rings. The highest BCUT2D eigenvalue weighted by atomic mass is 16.6. The van der Waals surface area contributed by atoms with E-state index in [0.29, 0.717) is 34.8 Å². The lowest BCUT2D eigenvalue weighted by molar-refractivity contribution is 0.0302. The predicted octanol–water partition coefficient (Wildman–Crippen LogP) is 3.72. The van der Waals surface area contributed by atoms with Gasteiger partial charge in [-0.2, -0.15) is 0 Å². The predicted molar refractivity (Wildman–Crippen MR) is 103 cm³/mol. The van der Waals surface area contributed by atoms with Crippen molar-refractivity contribution < 1.29 is 23.6 Å². The molecule has 1 atom stereocenters. The zero-order valence-electron chi connectivity index (χ0n) is 16.6. The maximum atomic E-state index is 12.9. The van der Waals surface area contributed by atoms with E-state index in [0.717, 1.165) is 44.2 Å². The number of cyclic esters (lactones) is 1. The average molecular weight is 399 g/mol. The van der Waals surface area contributed by atoms with Crippen molar-refractivity contribution in [2.24, 2.45) is 0 Å². The molecule has 154 valence electrons. The van der Waals surface area contributed by atoms with Crippen molar-refractivity contribution in [3.8, 4) is 0 Å². The molecular formula is C21H25N3O5. The lowest BCUT2D eigenvalue weighted by Gasteiger charge is -2.28. The van der Waals surface area contributed by atoms with E-state index in [1.165, 1.54) is 6.42 Å². The summed E-state index contributed by atoms with van der Waals surface area (Å²) >= 11 is 0. The molecule has 8 heteroatoms. The molecule has 0 aromatic carbocycles. The third-order valence-electron chi connectivity index (χ3n) is 6.17. The topological polar surface area (TPSA) is 94.8 Å². The largest absolute Gasteiger partial charge is 0.458 e. The van der Waals surface area contributed by atoms with Crippen molar-refractivity contribution >= 4 is 23.2 Å². The smallest absolute Gasteiger partial charge is 0.410 e. The van der Waals surface area contributed by atoms with Crippen LogP contribution in [0.2, 0.25) is 0 Å². The van der Waals surface area contributed by atoms with Gasteiger partial charge in [0.2, 0.25) is 0 Å². The molecule has 2 aliphatic carbocycles. The number of aromatic nitrogens is 2.